The summed E-state index contributed by atoms with van der Waals surface area (Å²) in [6.45, 7) is 7.75. The Morgan fingerprint density at radius 3 is 2.28 bits per heavy atom. The first kappa shape index (κ1) is 29.7. The summed E-state index contributed by atoms with van der Waals surface area (Å²) >= 11 is 0. The highest BCUT2D eigenvalue weighted by Gasteiger charge is 2.62. The van der Waals surface area contributed by atoms with E-state index in [-0.39, 0.29) is 47.0 Å². The van der Waals surface area contributed by atoms with Crippen LogP contribution in [0.4, 0.5) is 5.69 Å². The van der Waals surface area contributed by atoms with Gasteiger partial charge in [0.05, 0.1) is 5.56 Å². The van der Waals surface area contributed by atoms with E-state index in [2.05, 4.69) is 32.7 Å². The van der Waals surface area contributed by atoms with Gasteiger partial charge in [0.25, 0.3) is 5.91 Å². The predicted molar refractivity (Wildman–Crippen MR) is 160 cm³/mol. The summed E-state index contributed by atoms with van der Waals surface area (Å²) < 4.78 is 0. The Balaban J connectivity index is 1.41. The minimum absolute atomic E-state index is 0.0414. The van der Waals surface area contributed by atoms with Crippen LogP contribution in [0.15, 0.2) is 28.7 Å². The van der Waals surface area contributed by atoms with Crippen molar-refractivity contribution >= 4 is 23.2 Å². The Morgan fingerprint density at radius 1 is 1.05 bits per heavy atom. The third-order valence-electron chi connectivity index (χ3n) is 12.3. The molecule has 1 amide bonds. The number of fused-ring (bicyclic) bond motifs is 5. The molecule has 2 fully saturated rings. The molecule has 6 atom stereocenters. The number of phenols is 1. The highest BCUT2D eigenvalue weighted by Crippen LogP contribution is 2.66. The number of aliphatic hydroxyl groups is 3. The van der Waals surface area contributed by atoms with Gasteiger partial charge in [0.2, 0.25) is 5.78 Å². The fourth-order valence-corrected chi connectivity index (χ4v) is 9.63. The molecule has 0 aliphatic heterocycles. The number of nitrogens with zero attached hydrogens (tertiary/aromatic N) is 2. The Labute approximate surface area is 251 Å². The minimum Gasteiger partial charge on any atom is -0.511 e. The zero-order valence-electron chi connectivity index (χ0n) is 25.8. The van der Waals surface area contributed by atoms with E-state index < -0.39 is 52.0 Å². The Morgan fingerprint density at radius 2 is 1.72 bits per heavy atom. The van der Waals surface area contributed by atoms with Crippen LogP contribution in [0.5, 0.6) is 5.75 Å². The number of carbonyl (C=O) groups excluding carboxylic acids is 3. The zero-order chi connectivity index (χ0) is 31.5. The lowest BCUT2D eigenvalue weighted by Crippen LogP contribution is -2.57. The van der Waals surface area contributed by atoms with Crippen LogP contribution >= 0.6 is 0 Å². The van der Waals surface area contributed by atoms with Gasteiger partial charge in [-0.2, -0.15) is 0 Å². The van der Waals surface area contributed by atoms with Crippen molar-refractivity contribution in [1.29, 1.82) is 0 Å². The van der Waals surface area contributed by atoms with E-state index in [0.29, 0.717) is 24.1 Å². The number of hydrogen-bond acceptors (Lipinski definition) is 9. The highest BCUT2D eigenvalue weighted by atomic mass is 16.3. The van der Waals surface area contributed by atoms with E-state index in [9.17, 15) is 34.8 Å². The molecule has 1 aromatic rings. The maximum absolute atomic E-state index is 14.0. The van der Waals surface area contributed by atoms with Crippen LogP contribution in [0, 0.1) is 28.6 Å². The zero-order valence-corrected chi connectivity index (χ0v) is 25.8. The molecule has 0 heterocycles. The van der Waals surface area contributed by atoms with E-state index in [4.69, 9.17) is 5.73 Å². The molecule has 3 unspecified atom stereocenters. The summed E-state index contributed by atoms with van der Waals surface area (Å²) in [4.78, 5) is 43.5. The summed E-state index contributed by atoms with van der Waals surface area (Å²) in [5.41, 5.74) is 4.66. The van der Waals surface area contributed by atoms with Gasteiger partial charge in [0, 0.05) is 50.3 Å². The number of aromatic hydroxyl groups is 1. The Bertz CT molecular complexity index is 1540. The molecule has 232 valence electrons. The number of nitrogens with two attached hydrogens (primary N) is 1. The third-order valence-corrected chi connectivity index (χ3v) is 12.3. The van der Waals surface area contributed by atoms with Crippen molar-refractivity contribution in [3.05, 3.63) is 45.4 Å². The number of benzene rings is 1. The number of amides is 1. The smallest absolute Gasteiger partial charge is 0.255 e. The molecule has 0 spiro atoms. The molecule has 2 bridgehead atoms. The average Bonchev–Trinajstić information content (AvgIpc) is 3.24. The monoisotopic (exact) mass is 593 g/mol. The van der Waals surface area contributed by atoms with Gasteiger partial charge in [-0.15, -0.1) is 0 Å². The molecule has 0 radical (unpaired) electrons. The average molecular weight is 594 g/mol. The number of aliphatic hydroxyl groups excluding tert-OH is 2. The van der Waals surface area contributed by atoms with Crippen LogP contribution < -0.4 is 10.6 Å². The van der Waals surface area contributed by atoms with Crippen LogP contribution in [-0.2, 0) is 22.6 Å². The topological polar surface area (TPSA) is 165 Å². The van der Waals surface area contributed by atoms with Gasteiger partial charge in [-0.1, -0.05) is 20.8 Å². The summed E-state index contributed by atoms with van der Waals surface area (Å²) in [6.07, 6.45) is 3.71. The minimum atomic E-state index is -2.57. The van der Waals surface area contributed by atoms with E-state index in [1.807, 2.05) is 19.0 Å². The second-order valence-electron chi connectivity index (χ2n) is 14.6. The molecule has 0 saturated heterocycles. The molecular formula is C33H43N3O7. The first-order valence-electron chi connectivity index (χ1n) is 15.2. The number of Topliss-reactive ketones (excluding diaryl/α,β-unsaturated/α-hetero) is 2. The van der Waals surface area contributed by atoms with Gasteiger partial charge >= 0.3 is 0 Å². The van der Waals surface area contributed by atoms with Crippen molar-refractivity contribution in [3.8, 4) is 5.75 Å². The van der Waals surface area contributed by atoms with E-state index in [0.717, 1.165) is 17.7 Å². The summed E-state index contributed by atoms with van der Waals surface area (Å²) in [5, 5.41) is 44.6. The van der Waals surface area contributed by atoms with Gasteiger partial charge < -0.3 is 31.1 Å². The summed E-state index contributed by atoms with van der Waals surface area (Å²) in [6, 6.07) is 2.01. The maximum atomic E-state index is 14.0. The van der Waals surface area contributed by atoms with Crippen molar-refractivity contribution < 1.29 is 34.8 Å². The Hall–Kier alpha value is -3.37. The van der Waals surface area contributed by atoms with E-state index in [1.54, 1.807) is 6.07 Å². The number of carbonyl (C=O) groups is 3. The quantitative estimate of drug-likeness (QED) is 0.322. The SMILES string of the molecule is CN(C)c1c(CN(C)[C@H]2CC3CCC2(C)C3(C)C)cc(O)c2c1CC1C[C@H]3CC(O)=C(C(N)=O)C(=O)[C@@]3(O)C(O)=C1C2=O. The maximum Gasteiger partial charge on any atom is 0.255 e. The molecule has 5 aliphatic rings. The summed E-state index contributed by atoms with van der Waals surface area (Å²) in [5.74, 6) is -5.53. The molecule has 1 aromatic carbocycles. The van der Waals surface area contributed by atoms with Crippen molar-refractivity contribution in [1.82, 2.24) is 4.90 Å². The van der Waals surface area contributed by atoms with Gasteiger partial charge in [-0.3, -0.25) is 19.3 Å². The number of primary amides is 1. The summed E-state index contributed by atoms with van der Waals surface area (Å²) in [7, 11) is 5.94. The molecule has 43 heavy (non-hydrogen) atoms. The van der Waals surface area contributed by atoms with Crippen molar-refractivity contribution in [2.45, 2.75) is 77.5 Å². The van der Waals surface area contributed by atoms with Crippen molar-refractivity contribution in [2.24, 2.45) is 34.3 Å². The molecule has 2 saturated carbocycles. The molecule has 0 aromatic heterocycles. The molecule has 10 heteroatoms. The second-order valence-corrected chi connectivity index (χ2v) is 14.6. The lowest BCUT2D eigenvalue weighted by Gasteiger charge is -2.46. The predicted octanol–water partition coefficient (Wildman–Crippen LogP) is 3.29. The largest absolute Gasteiger partial charge is 0.511 e. The Kier molecular flexibility index (Phi) is 6.43. The molecule has 6 rings (SSSR count). The van der Waals surface area contributed by atoms with Crippen LogP contribution in [0.2, 0.25) is 0 Å². The van der Waals surface area contributed by atoms with Crippen molar-refractivity contribution in [3.63, 3.8) is 0 Å². The third kappa shape index (κ3) is 3.75. The normalized spacial score (nSPS) is 34.4. The lowest BCUT2D eigenvalue weighted by molar-refractivity contribution is -0.144. The number of allylic oxidation sites excluding steroid dienone is 2. The first-order valence-corrected chi connectivity index (χ1v) is 15.2. The van der Waals surface area contributed by atoms with Gasteiger partial charge in [0.1, 0.15) is 22.8 Å². The fraction of sp³-hybridized carbons (Fsp3) is 0.606. The number of rotatable bonds is 5. The first-order chi connectivity index (χ1) is 20.0. The van der Waals surface area contributed by atoms with Gasteiger partial charge in [-0.05, 0) is 79.0 Å². The van der Waals surface area contributed by atoms with Gasteiger partial charge in [-0.25, -0.2) is 0 Å². The van der Waals surface area contributed by atoms with Crippen LogP contribution in [0.25, 0.3) is 0 Å². The molecule has 6 N–H and O–H groups in total. The molecule has 10 nitrogen and oxygen atoms in total. The van der Waals surface area contributed by atoms with Crippen LogP contribution in [-0.4, -0.2) is 75.6 Å². The number of ketones is 2. The van der Waals surface area contributed by atoms with Crippen LogP contribution in [0.3, 0.4) is 0 Å². The van der Waals surface area contributed by atoms with Gasteiger partial charge in [0.15, 0.2) is 11.4 Å². The number of phenolic OH excluding ortho intramolecular Hbond substituents is 1. The molecular weight excluding hydrogens is 550 g/mol. The van der Waals surface area contributed by atoms with E-state index >= 15 is 0 Å². The number of anilines is 1. The number of hydrogen-bond donors (Lipinski definition) is 5. The highest BCUT2D eigenvalue weighted by molar-refractivity contribution is 6.24. The fourth-order valence-electron chi connectivity index (χ4n) is 9.63. The second kappa shape index (κ2) is 9.32. The van der Waals surface area contributed by atoms with E-state index in [1.165, 1.54) is 12.8 Å². The van der Waals surface area contributed by atoms with Crippen LogP contribution in [0.1, 0.15) is 74.4 Å². The standard InChI is InChI=1S/C33H43N3O7/c1-31(2)17-7-8-32(31,3)22(13-17)36(6)14-16-11-20(37)24-19(26(16)35(4)5)10-15-9-18-12-21(38)25(30(34)42)29(41)33(18,43)28(40)23(15)27(24)39/h11,15,17-18,22,37-38,40,43H,7-10,12-14H2,1-6H3,(H2,34,42)/t15?,17?,18-,22-,32?,33-/m0/s1. The molecule has 5 aliphatic carbocycles. The lowest BCUT2D eigenvalue weighted by atomic mass is 9.60. The van der Waals surface area contributed by atoms with Crippen molar-refractivity contribution in [2.75, 3.05) is 26.0 Å².